The summed E-state index contributed by atoms with van der Waals surface area (Å²) in [4.78, 5) is 11.3. The van der Waals surface area contributed by atoms with Crippen molar-refractivity contribution >= 4 is 17.2 Å². The zero-order chi connectivity index (χ0) is 21.8. The molecule has 1 aliphatic heterocycles. The lowest BCUT2D eigenvalue weighted by molar-refractivity contribution is 0.151. The third-order valence-electron chi connectivity index (χ3n) is 5.75. The lowest BCUT2D eigenvalue weighted by atomic mass is 10.0. The van der Waals surface area contributed by atoms with Crippen molar-refractivity contribution in [1.29, 1.82) is 0 Å². The highest BCUT2D eigenvalue weighted by atomic mass is 19.3. The summed E-state index contributed by atoms with van der Waals surface area (Å²) in [6.07, 6.45) is 6.58. The predicted molar refractivity (Wildman–Crippen MR) is 122 cm³/mol. The number of benzene rings is 1. The van der Waals surface area contributed by atoms with Crippen molar-refractivity contribution in [3.63, 3.8) is 0 Å². The molecule has 0 amide bonds. The van der Waals surface area contributed by atoms with Gasteiger partial charge in [-0.15, -0.1) is 0 Å². The molecule has 0 unspecified atom stereocenters. The Bertz CT molecular complexity index is 1040. The van der Waals surface area contributed by atoms with Crippen molar-refractivity contribution < 1.29 is 8.78 Å². The molecule has 0 saturated carbocycles. The van der Waals surface area contributed by atoms with E-state index in [9.17, 15) is 8.78 Å². The molecular weight excluding hydrogens is 394 g/mol. The van der Waals surface area contributed by atoms with Crippen molar-refractivity contribution in [2.24, 2.45) is 0 Å². The standard InChI is InChI=1S/C25H26F2N4/c1-17-22(19-6-8-20(9-7-19)25(26)27)15-28-16-23(17)30-18(2)21-10-11-24(29-14-21)31-12-4-3-5-13-31/h6-11,14-16,25,30H,2-5,12-13H2,1H3. The first-order chi connectivity index (χ1) is 15.0. The van der Waals surface area contributed by atoms with Gasteiger partial charge in [0, 0.05) is 47.9 Å². The van der Waals surface area contributed by atoms with E-state index in [1.165, 1.54) is 31.4 Å². The van der Waals surface area contributed by atoms with E-state index in [2.05, 4.69) is 26.8 Å². The van der Waals surface area contributed by atoms with Crippen LogP contribution in [0.1, 0.15) is 42.4 Å². The first kappa shape index (κ1) is 21.0. The summed E-state index contributed by atoms with van der Waals surface area (Å²) in [5.41, 5.74) is 5.17. The highest BCUT2D eigenvalue weighted by molar-refractivity contribution is 5.80. The van der Waals surface area contributed by atoms with Gasteiger partial charge in [-0.2, -0.15) is 0 Å². The van der Waals surface area contributed by atoms with Gasteiger partial charge in [0.25, 0.3) is 6.43 Å². The molecule has 3 aromatic rings. The van der Waals surface area contributed by atoms with Crippen LogP contribution in [0.3, 0.4) is 0 Å². The average molecular weight is 421 g/mol. The van der Waals surface area contributed by atoms with E-state index in [0.29, 0.717) is 0 Å². The van der Waals surface area contributed by atoms with E-state index >= 15 is 0 Å². The molecule has 3 heterocycles. The van der Waals surface area contributed by atoms with Gasteiger partial charge in [-0.3, -0.25) is 4.98 Å². The zero-order valence-corrected chi connectivity index (χ0v) is 17.6. The van der Waals surface area contributed by atoms with Crippen molar-refractivity contribution in [2.75, 3.05) is 23.3 Å². The van der Waals surface area contributed by atoms with Gasteiger partial charge in [-0.1, -0.05) is 30.8 Å². The Morgan fingerprint density at radius 2 is 1.74 bits per heavy atom. The summed E-state index contributed by atoms with van der Waals surface area (Å²) in [7, 11) is 0. The second-order valence-corrected chi connectivity index (χ2v) is 7.84. The number of nitrogens with one attached hydrogen (secondary N) is 1. The van der Waals surface area contributed by atoms with Crippen LogP contribution in [0.2, 0.25) is 0 Å². The molecular formula is C25H26F2N4. The van der Waals surface area contributed by atoms with Crippen LogP contribution >= 0.6 is 0 Å². The summed E-state index contributed by atoms with van der Waals surface area (Å²) in [6, 6.07) is 10.4. The number of hydrogen-bond acceptors (Lipinski definition) is 4. The van der Waals surface area contributed by atoms with E-state index in [4.69, 9.17) is 0 Å². The molecule has 0 atom stereocenters. The fraction of sp³-hybridized carbons (Fsp3) is 0.280. The Kier molecular flexibility index (Phi) is 6.26. The van der Waals surface area contributed by atoms with E-state index in [1.54, 1.807) is 24.5 Å². The highest BCUT2D eigenvalue weighted by Crippen LogP contribution is 2.31. The summed E-state index contributed by atoms with van der Waals surface area (Å²) >= 11 is 0. The summed E-state index contributed by atoms with van der Waals surface area (Å²) < 4.78 is 25.7. The summed E-state index contributed by atoms with van der Waals surface area (Å²) in [5.74, 6) is 1.00. The van der Waals surface area contributed by atoms with Crippen LogP contribution in [0.5, 0.6) is 0 Å². The number of rotatable bonds is 6. The van der Waals surface area contributed by atoms with E-state index in [-0.39, 0.29) is 5.56 Å². The second kappa shape index (κ2) is 9.25. The molecule has 4 rings (SSSR count). The SMILES string of the molecule is C=C(Nc1cncc(-c2ccc(C(F)F)cc2)c1C)c1ccc(N2CCCCC2)nc1. The summed E-state index contributed by atoms with van der Waals surface area (Å²) in [6.45, 7) is 8.25. The summed E-state index contributed by atoms with van der Waals surface area (Å²) in [5, 5.41) is 3.33. The number of hydrogen-bond donors (Lipinski definition) is 1. The number of nitrogens with zero attached hydrogens (tertiary/aromatic N) is 3. The predicted octanol–water partition coefficient (Wildman–Crippen LogP) is 6.46. The first-order valence-electron chi connectivity index (χ1n) is 10.5. The van der Waals surface area contributed by atoms with Gasteiger partial charge in [0.15, 0.2) is 0 Å². The van der Waals surface area contributed by atoms with E-state index < -0.39 is 6.43 Å². The van der Waals surface area contributed by atoms with Gasteiger partial charge in [0.2, 0.25) is 0 Å². The minimum absolute atomic E-state index is 0.0116. The number of piperidine rings is 1. The minimum Gasteiger partial charge on any atom is -0.357 e. The van der Waals surface area contributed by atoms with Gasteiger partial charge in [-0.05, 0) is 49.4 Å². The second-order valence-electron chi connectivity index (χ2n) is 7.84. The van der Waals surface area contributed by atoms with Crippen LogP contribution in [0.4, 0.5) is 20.3 Å². The molecule has 0 radical (unpaired) electrons. The Balaban J connectivity index is 1.50. The Morgan fingerprint density at radius 3 is 2.39 bits per heavy atom. The quantitative estimate of drug-likeness (QED) is 0.497. The van der Waals surface area contributed by atoms with Gasteiger partial charge in [-0.25, -0.2) is 13.8 Å². The van der Waals surface area contributed by atoms with E-state index in [0.717, 1.165) is 52.5 Å². The molecule has 31 heavy (non-hydrogen) atoms. The largest absolute Gasteiger partial charge is 0.357 e. The van der Waals surface area contributed by atoms with Crippen LogP contribution in [-0.2, 0) is 0 Å². The average Bonchev–Trinajstić information content (AvgIpc) is 2.81. The highest BCUT2D eigenvalue weighted by Gasteiger charge is 2.13. The molecule has 0 aliphatic carbocycles. The molecule has 4 nitrogen and oxygen atoms in total. The Labute approximate surface area is 181 Å². The van der Waals surface area contributed by atoms with Crippen molar-refractivity contribution in [2.45, 2.75) is 32.6 Å². The molecule has 1 fully saturated rings. The fourth-order valence-corrected chi connectivity index (χ4v) is 3.86. The first-order valence-corrected chi connectivity index (χ1v) is 10.5. The maximum Gasteiger partial charge on any atom is 0.263 e. The minimum atomic E-state index is -2.47. The molecule has 6 heteroatoms. The molecule has 1 N–H and O–H groups in total. The molecule has 2 aromatic heterocycles. The number of halogens is 2. The Morgan fingerprint density at radius 1 is 1.00 bits per heavy atom. The third kappa shape index (κ3) is 4.74. The molecule has 1 aromatic carbocycles. The van der Waals surface area contributed by atoms with Gasteiger partial charge < -0.3 is 10.2 Å². The number of anilines is 2. The van der Waals surface area contributed by atoms with Crippen LogP contribution in [0, 0.1) is 6.92 Å². The lowest BCUT2D eigenvalue weighted by Crippen LogP contribution is -2.30. The number of aromatic nitrogens is 2. The maximum absolute atomic E-state index is 12.8. The smallest absolute Gasteiger partial charge is 0.263 e. The topological polar surface area (TPSA) is 41.1 Å². The van der Waals surface area contributed by atoms with Gasteiger partial charge in [0.1, 0.15) is 5.82 Å². The van der Waals surface area contributed by atoms with Gasteiger partial charge >= 0.3 is 0 Å². The Hall–Kier alpha value is -3.28. The van der Waals surface area contributed by atoms with E-state index in [1.807, 2.05) is 25.3 Å². The zero-order valence-electron chi connectivity index (χ0n) is 17.6. The number of pyridine rings is 2. The van der Waals surface area contributed by atoms with Crippen LogP contribution in [-0.4, -0.2) is 23.1 Å². The van der Waals surface area contributed by atoms with Gasteiger partial charge in [0.05, 0.1) is 11.9 Å². The molecule has 1 aliphatic rings. The van der Waals surface area contributed by atoms with Crippen LogP contribution < -0.4 is 10.2 Å². The molecule has 0 bridgehead atoms. The third-order valence-corrected chi connectivity index (χ3v) is 5.75. The molecule has 1 saturated heterocycles. The van der Waals surface area contributed by atoms with Crippen LogP contribution in [0.15, 0.2) is 61.6 Å². The fourth-order valence-electron chi connectivity index (χ4n) is 3.86. The normalized spacial score (nSPS) is 14.0. The maximum atomic E-state index is 12.8. The molecule has 0 spiro atoms. The van der Waals surface area contributed by atoms with Crippen molar-refractivity contribution in [3.05, 3.63) is 78.3 Å². The monoisotopic (exact) mass is 420 g/mol. The lowest BCUT2D eigenvalue weighted by Gasteiger charge is -2.27. The molecule has 160 valence electrons. The number of alkyl halides is 2. The van der Waals surface area contributed by atoms with Crippen LogP contribution in [0.25, 0.3) is 16.8 Å². The van der Waals surface area contributed by atoms with Crippen molar-refractivity contribution in [3.8, 4) is 11.1 Å². The van der Waals surface area contributed by atoms with Crippen molar-refractivity contribution in [1.82, 2.24) is 9.97 Å².